The van der Waals surface area contributed by atoms with Crippen LogP contribution in [-0.2, 0) is 16.0 Å². The zero-order valence-electron chi connectivity index (χ0n) is 11.7. The molecule has 3 nitrogen and oxygen atoms in total. The quantitative estimate of drug-likeness (QED) is 0.790. The molecule has 1 saturated heterocycles. The van der Waals surface area contributed by atoms with Gasteiger partial charge in [-0.05, 0) is 37.0 Å². The summed E-state index contributed by atoms with van der Waals surface area (Å²) in [5.74, 6) is 1.31. The second kappa shape index (κ2) is 6.71. The van der Waals surface area contributed by atoms with Crippen LogP contribution in [0.25, 0.3) is 0 Å². The van der Waals surface area contributed by atoms with Crippen LogP contribution in [0.2, 0.25) is 0 Å². The molecule has 1 fully saturated rings. The fourth-order valence-electron chi connectivity index (χ4n) is 2.66. The van der Waals surface area contributed by atoms with Gasteiger partial charge in [0.15, 0.2) is 0 Å². The summed E-state index contributed by atoms with van der Waals surface area (Å²) < 4.78 is 10.7. The van der Waals surface area contributed by atoms with Gasteiger partial charge in [0, 0.05) is 18.9 Å². The summed E-state index contributed by atoms with van der Waals surface area (Å²) in [5, 5.41) is 0. The van der Waals surface area contributed by atoms with Crippen molar-refractivity contribution in [2.24, 2.45) is 5.92 Å². The third-order valence-corrected chi connectivity index (χ3v) is 3.84. The molecular formula is C16H22O3. The van der Waals surface area contributed by atoms with E-state index in [0.29, 0.717) is 12.2 Å². The van der Waals surface area contributed by atoms with Gasteiger partial charge in [-0.3, -0.25) is 4.79 Å². The van der Waals surface area contributed by atoms with Gasteiger partial charge in [0.2, 0.25) is 0 Å². The van der Waals surface area contributed by atoms with Crippen molar-refractivity contribution in [3.8, 4) is 5.75 Å². The van der Waals surface area contributed by atoms with Crippen molar-refractivity contribution in [3.63, 3.8) is 0 Å². The van der Waals surface area contributed by atoms with Crippen LogP contribution < -0.4 is 4.74 Å². The molecule has 1 aliphatic heterocycles. The molecule has 1 aliphatic rings. The number of hydrogen-bond acceptors (Lipinski definition) is 3. The SMILES string of the molecule is CCC1OCCC1C(=O)CCc1ccc(OC)cc1. The molecule has 104 valence electrons. The lowest BCUT2D eigenvalue weighted by Gasteiger charge is -2.15. The third-order valence-electron chi connectivity index (χ3n) is 3.84. The molecule has 1 heterocycles. The zero-order chi connectivity index (χ0) is 13.7. The topological polar surface area (TPSA) is 35.5 Å². The summed E-state index contributed by atoms with van der Waals surface area (Å²) in [6.45, 7) is 2.82. The molecule has 19 heavy (non-hydrogen) atoms. The van der Waals surface area contributed by atoms with Gasteiger partial charge in [-0.2, -0.15) is 0 Å². The van der Waals surface area contributed by atoms with Crippen LogP contribution in [-0.4, -0.2) is 25.6 Å². The Morgan fingerprint density at radius 1 is 1.37 bits per heavy atom. The number of ketones is 1. The number of hydrogen-bond donors (Lipinski definition) is 0. The lowest BCUT2D eigenvalue weighted by atomic mass is 9.91. The summed E-state index contributed by atoms with van der Waals surface area (Å²) in [6, 6.07) is 7.92. The van der Waals surface area contributed by atoms with Gasteiger partial charge in [0.05, 0.1) is 13.2 Å². The van der Waals surface area contributed by atoms with E-state index in [1.807, 2.05) is 24.3 Å². The van der Waals surface area contributed by atoms with Crippen LogP contribution in [0.15, 0.2) is 24.3 Å². The summed E-state index contributed by atoms with van der Waals surface area (Å²) in [5.41, 5.74) is 1.18. The highest BCUT2D eigenvalue weighted by Gasteiger charge is 2.31. The predicted octanol–water partition coefficient (Wildman–Crippen LogP) is 3.01. The van der Waals surface area contributed by atoms with E-state index in [4.69, 9.17) is 9.47 Å². The van der Waals surface area contributed by atoms with Crippen LogP contribution in [0.4, 0.5) is 0 Å². The number of methoxy groups -OCH3 is 1. The summed E-state index contributed by atoms with van der Waals surface area (Å²) in [7, 11) is 1.66. The largest absolute Gasteiger partial charge is 0.497 e. The molecule has 1 aromatic carbocycles. The molecule has 0 spiro atoms. The van der Waals surface area contributed by atoms with E-state index in [9.17, 15) is 4.79 Å². The molecule has 0 N–H and O–H groups in total. The number of carbonyl (C=O) groups excluding carboxylic acids is 1. The van der Waals surface area contributed by atoms with Crippen LogP contribution in [0, 0.1) is 5.92 Å². The summed E-state index contributed by atoms with van der Waals surface area (Å²) >= 11 is 0. The molecule has 2 atom stereocenters. The third kappa shape index (κ3) is 3.57. The van der Waals surface area contributed by atoms with Gasteiger partial charge in [-0.25, -0.2) is 0 Å². The minimum absolute atomic E-state index is 0.114. The minimum Gasteiger partial charge on any atom is -0.497 e. The molecule has 0 bridgehead atoms. The van der Waals surface area contributed by atoms with E-state index in [0.717, 1.165) is 31.6 Å². The number of ether oxygens (including phenoxy) is 2. The first-order chi connectivity index (χ1) is 9.24. The average molecular weight is 262 g/mol. The van der Waals surface area contributed by atoms with Crippen molar-refractivity contribution in [3.05, 3.63) is 29.8 Å². The molecule has 2 unspecified atom stereocenters. The van der Waals surface area contributed by atoms with Crippen molar-refractivity contribution in [2.45, 2.75) is 38.7 Å². The first kappa shape index (κ1) is 14.1. The number of aryl methyl sites for hydroxylation is 1. The molecule has 3 heteroatoms. The van der Waals surface area contributed by atoms with Gasteiger partial charge >= 0.3 is 0 Å². The Hall–Kier alpha value is -1.35. The summed E-state index contributed by atoms with van der Waals surface area (Å²) in [4.78, 5) is 12.2. The Labute approximate surface area is 114 Å². The van der Waals surface area contributed by atoms with Gasteiger partial charge in [0.1, 0.15) is 11.5 Å². The van der Waals surface area contributed by atoms with E-state index in [-0.39, 0.29) is 12.0 Å². The van der Waals surface area contributed by atoms with E-state index in [1.165, 1.54) is 5.56 Å². The van der Waals surface area contributed by atoms with E-state index >= 15 is 0 Å². The first-order valence-electron chi connectivity index (χ1n) is 7.01. The molecule has 1 aromatic rings. The second-order valence-corrected chi connectivity index (χ2v) is 5.03. The Balaban J connectivity index is 1.85. The number of benzene rings is 1. The highest BCUT2D eigenvalue weighted by atomic mass is 16.5. The Morgan fingerprint density at radius 2 is 2.11 bits per heavy atom. The maximum absolute atomic E-state index is 12.2. The molecular weight excluding hydrogens is 240 g/mol. The van der Waals surface area contributed by atoms with Crippen LogP contribution in [0.1, 0.15) is 31.7 Å². The normalized spacial score (nSPS) is 22.4. The summed E-state index contributed by atoms with van der Waals surface area (Å²) in [6.07, 6.45) is 3.37. The number of carbonyl (C=O) groups is 1. The van der Waals surface area contributed by atoms with Crippen molar-refractivity contribution in [1.82, 2.24) is 0 Å². The maximum atomic E-state index is 12.2. The van der Waals surface area contributed by atoms with Gasteiger partial charge in [-0.1, -0.05) is 19.1 Å². The molecule has 0 saturated carbocycles. The Morgan fingerprint density at radius 3 is 2.74 bits per heavy atom. The first-order valence-corrected chi connectivity index (χ1v) is 7.01. The van der Waals surface area contributed by atoms with E-state index in [2.05, 4.69) is 6.92 Å². The maximum Gasteiger partial charge on any atom is 0.138 e. The molecule has 0 aromatic heterocycles. The van der Waals surface area contributed by atoms with Gasteiger partial charge in [-0.15, -0.1) is 0 Å². The molecule has 0 amide bonds. The fourth-order valence-corrected chi connectivity index (χ4v) is 2.66. The van der Waals surface area contributed by atoms with Crippen molar-refractivity contribution >= 4 is 5.78 Å². The smallest absolute Gasteiger partial charge is 0.138 e. The minimum atomic E-state index is 0.114. The monoisotopic (exact) mass is 262 g/mol. The van der Waals surface area contributed by atoms with Crippen molar-refractivity contribution in [1.29, 1.82) is 0 Å². The number of Topliss-reactive ketones (excluding diaryl/α,β-unsaturated/α-hetero) is 1. The fraction of sp³-hybridized carbons (Fsp3) is 0.562. The Bertz CT molecular complexity index is 411. The highest BCUT2D eigenvalue weighted by Crippen LogP contribution is 2.26. The predicted molar refractivity (Wildman–Crippen MR) is 74.5 cm³/mol. The van der Waals surface area contributed by atoms with E-state index in [1.54, 1.807) is 7.11 Å². The van der Waals surface area contributed by atoms with Crippen LogP contribution in [0.5, 0.6) is 5.75 Å². The molecule has 0 radical (unpaired) electrons. The van der Waals surface area contributed by atoms with Gasteiger partial charge in [0.25, 0.3) is 0 Å². The number of rotatable bonds is 6. The van der Waals surface area contributed by atoms with Crippen molar-refractivity contribution in [2.75, 3.05) is 13.7 Å². The lowest BCUT2D eigenvalue weighted by molar-refractivity contribution is -0.124. The van der Waals surface area contributed by atoms with Crippen LogP contribution >= 0.6 is 0 Å². The van der Waals surface area contributed by atoms with Crippen LogP contribution in [0.3, 0.4) is 0 Å². The highest BCUT2D eigenvalue weighted by molar-refractivity contribution is 5.82. The Kier molecular flexibility index (Phi) is 4.97. The lowest BCUT2D eigenvalue weighted by Crippen LogP contribution is -2.23. The van der Waals surface area contributed by atoms with E-state index < -0.39 is 0 Å². The average Bonchev–Trinajstić information content (AvgIpc) is 2.93. The second-order valence-electron chi connectivity index (χ2n) is 5.03. The molecule has 0 aliphatic carbocycles. The van der Waals surface area contributed by atoms with Crippen molar-refractivity contribution < 1.29 is 14.3 Å². The van der Waals surface area contributed by atoms with Gasteiger partial charge < -0.3 is 9.47 Å². The zero-order valence-corrected chi connectivity index (χ0v) is 11.7. The standard InChI is InChI=1S/C16H22O3/c1-3-16-14(10-11-19-16)15(17)9-6-12-4-7-13(18-2)8-5-12/h4-5,7-8,14,16H,3,6,9-11H2,1-2H3. The molecule has 2 rings (SSSR count).